The van der Waals surface area contributed by atoms with Crippen molar-refractivity contribution in [3.63, 3.8) is 0 Å². The van der Waals surface area contributed by atoms with E-state index in [1.54, 1.807) is 19.1 Å². The number of thiophene rings is 1. The summed E-state index contributed by atoms with van der Waals surface area (Å²) in [5.74, 6) is 0. The normalized spacial score (nSPS) is 11.6. The standard InChI is InChI=1S/C12H11Br2NO2S2/c1-7-3-4-9(13)10(5-7)15-19(16,17)11-6-12(14)18-8(11)2/h3-6,15H,1-2H3. The van der Waals surface area contributed by atoms with Gasteiger partial charge in [-0.1, -0.05) is 6.07 Å². The van der Waals surface area contributed by atoms with Gasteiger partial charge >= 0.3 is 0 Å². The fraction of sp³-hybridized carbons (Fsp3) is 0.167. The molecule has 7 heteroatoms. The second-order valence-corrected chi connectivity index (χ2v) is 9.20. The summed E-state index contributed by atoms with van der Waals surface area (Å²) in [7, 11) is -3.56. The molecule has 0 fully saturated rings. The molecule has 0 saturated heterocycles. The molecule has 0 radical (unpaired) electrons. The summed E-state index contributed by atoms with van der Waals surface area (Å²) in [6, 6.07) is 7.14. The second-order valence-electron chi connectivity index (χ2n) is 4.06. The molecule has 0 aliphatic heterocycles. The Morgan fingerprint density at radius 2 is 1.84 bits per heavy atom. The van der Waals surface area contributed by atoms with Crippen LogP contribution in [0.15, 0.2) is 37.4 Å². The average Bonchev–Trinajstić information content (AvgIpc) is 2.63. The van der Waals surface area contributed by atoms with Crippen LogP contribution in [0.5, 0.6) is 0 Å². The van der Waals surface area contributed by atoms with Gasteiger partial charge in [0, 0.05) is 9.35 Å². The minimum absolute atomic E-state index is 0.304. The Labute approximate surface area is 133 Å². The largest absolute Gasteiger partial charge is 0.278 e. The van der Waals surface area contributed by atoms with Crippen molar-refractivity contribution in [1.29, 1.82) is 0 Å². The van der Waals surface area contributed by atoms with E-state index in [0.29, 0.717) is 15.1 Å². The third kappa shape index (κ3) is 3.39. The first-order valence-corrected chi connectivity index (χ1v) is 9.23. The molecule has 0 aliphatic rings. The molecule has 0 unspecified atom stereocenters. The highest BCUT2D eigenvalue weighted by molar-refractivity contribution is 9.11. The number of anilines is 1. The Kier molecular flexibility index (Phi) is 4.39. The molecule has 0 aliphatic carbocycles. The summed E-state index contributed by atoms with van der Waals surface area (Å²) in [5.41, 5.74) is 1.53. The van der Waals surface area contributed by atoms with Crippen molar-refractivity contribution in [3.8, 4) is 0 Å². The van der Waals surface area contributed by atoms with E-state index in [-0.39, 0.29) is 0 Å². The molecule has 0 atom stereocenters. The summed E-state index contributed by atoms with van der Waals surface area (Å²) < 4.78 is 28.8. The van der Waals surface area contributed by atoms with E-state index in [9.17, 15) is 8.42 Å². The van der Waals surface area contributed by atoms with E-state index in [1.165, 1.54) is 11.3 Å². The summed E-state index contributed by atoms with van der Waals surface area (Å²) in [6.07, 6.45) is 0. The molecule has 1 heterocycles. The molecule has 1 aromatic heterocycles. The topological polar surface area (TPSA) is 46.2 Å². The van der Waals surface area contributed by atoms with E-state index in [4.69, 9.17) is 0 Å². The zero-order valence-corrected chi connectivity index (χ0v) is 15.0. The number of rotatable bonds is 3. The van der Waals surface area contributed by atoms with Gasteiger partial charge in [0.25, 0.3) is 10.0 Å². The third-order valence-electron chi connectivity index (χ3n) is 2.50. The molecule has 2 aromatic rings. The van der Waals surface area contributed by atoms with Crippen LogP contribution in [0.1, 0.15) is 10.4 Å². The van der Waals surface area contributed by atoms with Crippen molar-refractivity contribution in [2.75, 3.05) is 4.72 Å². The van der Waals surface area contributed by atoms with Crippen molar-refractivity contribution in [1.82, 2.24) is 0 Å². The van der Waals surface area contributed by atoms with Crippen LogP contribution in [0.4, 0.5) is 5.69 Å². The molecular weight excluding hydrogens is 414 g/mol. The lowest BCUT2D eigenvalue weighted by Gasteiger charge is -2.10. The third-order valence-corrected chi connectivity index (χ3v) is 6.36. The molecule has 0 saturated carbocycles. The van der Waals surface area contributed by atoms with Crippen LogP contribution in [0.2, 0.25) is 0 Å². The van der Waals surface area contributed by atoms with Gasteiger partial charge in [-0.15, -0.1) is 11.3 Å². The van der Waals surface area contributed by atoms with E-state index in [1.807, 2.05) is 19.1 Å². The minimum atomic E-state index is -3.56. The molecule has 0 spiro atoms. The quantitative estimate of drug-likeness (QED) is 0.776. The van der Waals surface area contributed by atoms with Crippen LogP contribution < -0.4 is 4.72 Å². The Bertz CT molecular complexity index is 723. The Morgan fingerprint density at radius 3 is 2.42 bits per heavy atom. The van der Waals surface area contributed by atoms with Crippen LogP contribution in [-0.2, 0) is 10.0 Å². The maximum atomic E-state index is 12.4. The molecule has 1 N–H and O–H groups in total. The summed E-state index contributed by atoms with van der Waals surface area (Å²) in [4.78, 5) is 1.06. The van der Waals surface area contributed by atoms with Gasteiger partial charge in [-0.2, -0.15) is 0 Å². The Morgan fingerprint density at radius 1 is 1.16 bits per heavy atom. The highest BCUT2D eigenvalue weighted by atomic mass is 79.9. The van der Waals surface area contributed by atoms with Crippen molar-refractivity contribution >= 4 is 58.9 Å². The molecule has 19 heavy (non-hydrogen) atoms. The van der Waals surface area contributed by atoms with Crippen LogP contribution >= 0.6 is 43.2 Å². The van der Waals surface area contributed by atoms with Gasteiger partial charge < -0.3 is 0 Å². The van der Waals surface area contributed by atoms with Gasteiger partial charge in [0.1, 0.15) is 4.90 Å². The highest BCUT2D eigenvalue weighted by Crippen LogP contribution is 2.32. The smallest absolute Gasteiger partial charge is 0.263 e. The van der Waals surface area contributed by atoms with Crippen molar-refractivity contribution in [2.24, 2.45) is 0 Å². The number of aryl methyl sites for hydroxylation is 2. The van der Waals surface area contributed by atoms with Crippen LogP contribution in [0, 0.1) is 13.8 Å². The highest BCUT2D eigenvalue weighted by Gasteiger charge is 2.20. The minimum Gasteiger partial charge on any atom is -0.278 e. The van der Waals surface area contributed by atoms with Gasteiger partial charge in [-0.05, 0) is 69.5 Å². The lowest BCUT2D eigenvalue weighted by atomic mass is 10.2. The first-order valence-electron chi connectivity index (χ1n) is 5.34. The van der Waals surface area contributed by atoms with Crippen LogP contribution in [0.25, 0.3) is 0 Å². The second kappa shape index (κ2) is 5.55. The predicted molar refractivity (Wildman–Crippen MR) is 86.4 cm³/mol. The average molecular weight is 425 g/mol. The Hall–Kier alpha value is -0.370. The lowest BCUT2D eigenvalue weighted by molar-refractivity contribution is 0.601. The van der Waals surface area contributed by atoms with Crippen molar-refractivity contribution < 1.29 is 8.42 Å². The van der Waals surface area contributed by atoms with E-state index in [2.05, 4.69) is 36.6 Å². The molecule has 0 bridgehead atoms. The van der Waals surface area contributed by atoms with Crippen molar-refractivity contribution in [2.45, 2.75) is 18.7 Å². The van der Waals surface area contributed by atoms with Gasteiger partial charge in [0.15, 0.2) is 0 Å². The maximum Gasteiger partial charge on any atom is 0.263 e. The van der Waals surface area contributed by atoms with Crippen LogP contribution in [-0.4, -0.2) is 8.42 Å². The SMILES string of the molecule is Cc1ccc(Br)c(NS(=O)(=O)c2cc(Br)sc2C)c1. The number of benzene rings is 1. The van der Waals surface area contributed by atoms with Crippen molar-refractivity contribution in [3.05, 3.63) is 43.0 Å². The molecular formula is C12H11Br2NO2S2. The number of sulfonamides is 1. The number of nitrogens with one attached hydrogen (secondary N) is 1. The maximum absolute atomic E-state index is 12.4. The number of halogens is 2. The van der Waals surface area contributed by atoms with Gasteiger partial charge in [0.05, 0.1) is 9.47 Å². The number of hydrogen-bond acceptors (Lipinski definition) is 3. The summed E-state index contributed by atoms with van der Waals surface area (Å²) in [5, 5.41) is 0. The zero-order valence-electron chi connectivity index (χ0n) is 10.2. The first kappa shape index (κ1) is 15.0. The Balaban J connectivity index is 2.42. The molecule has 1 aromatic carbocycles. The van der Waals surface area contributed by atoms with E-state index >= 15 is 0 Å². The van der Waals surface area contributed by atoms with Gasteiger partial charge in [-0.25, -0.2) is 8.42 Å². The fourth-order valence-electron chi connectivity index (χ4n) is 1.61. The molecule has 2 rings (SSSR count). The van der Waals surface area contributed by atoms with Gasteiger partial charge in [0.2, 0.25) is 0 Å². The molecule has 102 valence electrons. The lowest BCUT2D eigenvalue weighted by Crippen LogP contribution is -2.13. The van der Waals surface area contributed by atoms with E-state index < -0.39 is 10.0 Å². The zero-order chi connectivity index (χ0) is 14.2. The first-order chi connectivity index (χ1) is 8.79. The van der Waals surface area contributed by atoms with Crippen LogP contribution in [0.3, 0.4) is 0 Å². The molecule has 0 amide bonds. The van der Waals surface area contributed by atoms with E-state index in [0.717, 1.165) is 14.2 Å². The predicted octanol–water partition coefficient (Wildman–Crippen LogP) is 4.69. The summed E-state index contributed by atoms with van der Waals surface area (Å²) >= 11 is 8.05. The molecule has 3 nitrogen and oxygen atoms in total. The monoisotopic (exact) mass is 423 g/mol. The van der Waals surface area contributed by atoms with Gasteiger partial charge in [-0.3, -0.25) is 4.72 Å². The fourth-order valence-corrected chi connectivity index (χ4v) is 5.58. The summed E-state index contributed by atoms with van der Waals surface area (Å²) in [6.45, 7) is 3.70. The number of hydrogen-bond donors (Lipinski definition) is 1.